The summed E-state index contributed by atoms with van der Waals surface area (Å²) >= 11 is 5.89. The van der Waals surface area contributed by atoms with Gasteiger partial charge >= 0.3 is 0 Å². The highest BCUT2D eigenvalue weighted by atomic mass is 35.5. The van der Waals surface area contributed by atoms with E-state index in [9.17, 15) is 5.11 Å². The van der Waals surface area contributed by atoms with Gasteiger partial charge in [0, 0.05) is 24.7 Å². The number of hydrogen-bond donors (Lipinski definition) is 2. The maximum absolute atomic E-state index is 10.5. The van der Waals surface area contributed by atoms with Crippen LogP contribution in [0.1, 0.15) is 36.8 Å². The van der Waals surface area contributed by atoms with Gasteiger partial charge in [-0.05, 0) is 31.0 Å². The van der Waals surface area contributed by atoms with Gasteiger partial charge in [0.1, 0.15) is 0 Å². The third kappa shape index (κ3) is 4.05. The van der Waals surface area contributed by atoms with E-state index in [-0.39, 0.29) is 6.04 Å². The number of aliphatic hydroxyl groups excluding tert-OH is 1. The number of aliphatic hydroxyl groups is 1. The molecule has 0 amide bonds. The molecule has 0 saturated carbocycles. The molecule has 0 saturated heterocycles. The van der Waals surface area contributed by atoms with Gasteiger partial charge < -0.3 is 15.2 Å². The van der Waals surface area contributed by atoms with Crippen LogP contribution in [0.25, 0.3) is 0 Å². The summed E-state index contributed by atoms with van der Waals surface area (Å²) in [5.74, 6) is 0.752. The number of halogens is 1. The Morgan fingerprint density at radius 2 is 2.00 bits per heavy atom. The van der Waals surface area contributed by atoms with Gasteiger partial charge in [0.05, 0.1) is 24.5 Å². The van der Waals surface area contributed by atoms with Crippen LogP contribution in [0, 0.1) is 0 Å². The number of aryl methyl sites for hydroxylation is 2. The van der Waals surface area contributed by atoms with E-state index in [1.165, 1.54) is 0 Å². The average molecular weight is 338 g/mol. The lowest BCUT2D eigenvalue weighted by atomic mass is 10.0. The number of hydrogen-bond acceptors (Lipinski definition) is 4. The second-order valence-electron chi connectivity index (χ2n) is 5.58. The van der Waals surface area contributed by atoms with E-state index in [4.69, 9.17) is 16.3 Å². The Hall–Kier alpha value is -1.56. The molecule has 126 valence electrons. The van der Waals surface area contributed by atoms with Crippen molar-refractivity contribution in [2.24, 2.45) is 7.05 Å². The zero-order valence-electron chi connectivity index (χ0n) is 14.0. The van der Waals surface area contributed by atoms with Crippen molar-refractivity contribution in [3.63, 3.8) is 0 Å². The zero-order valence-corrected chi connectivity index (χ0v) is 14.8. The number of nitrogens with zero attached hydrogens (tertiary/aromatic N) is 2. The van der Waals surface area contributed by atoms with Crippen LogP contribution in [0.15, 0.2) is 24.3 Å². The summed E-state index contributed by atoms with van der Waals surface area (Å²) in [6.07, 6.45) is 0.225. The third-order valence-corrected chi connectivity index (χ3v) is 4.24. The fourth-order valence-corrected chi connectivity index (χ4v) is 2.77. The van der Waals surface area contributed by atoms with Crippen LogP contribution < -0.4 is 10.1 Å². The van der Waals surface area contributed by atoms with Crippen LogP contribution >= 0.6 is 11.6 Å². The summed E-state index contributed by atoms with van der Waals surface area (Å²) in [6.45, 7) is 4.61. The van der Waals surface area contributed by atoms with Crippen LogP contribution in [-0.4, -0.2) is 28.0 Å². The lowest BCUT2D eigenvalue weighted by Gasteiger charge is -2.21. The predicted octanol–water partition coefficient (Wildman–Crippen LogP) is 2.86. The van der Waals surface area contributed by atoms with E-state index in [1.54, 1.807) is 23.9 Å². The minimum Gasteiger partial charge on any atom is -0.481 e. The number of rotatable bonds is 7. The van der Waals surface area contributed by atoms with Crippen molar-refractivity contribution in [3.8, 4) is 5.88 Å². The first kappa shape index (κ1) is 17.8. The van der Waals surface area contributed by atoms with Crippen LogP contribution in [0.2, 0.25) is 5.02 Å². The van der Waals surface area contributed by atoms with E-state index in [1.807, 2.05) is 26.1 Å². The summed E-state index contributed by atoms with van der Waals surface area (Å²) < 4.78 is 7.18. The minimum absolute atomic E-state index is 0.120. The maximum atomic E-state index is 10.5. The highest BCUT2D eigenvalue weighted by Crippen LogP contribution is 2.23. The first-order valence-electron chi connectivity index (χ1n) is 7.73. The van der Waals surface area contributed by atoms with Crippen LogP contribution in [-0.2, 0) is 20.0 Å². The zero-order chi connectivity index (χ0) is 17.0. The predicted molar refractivity (Wildman–Crippen MR) is 91.9 cm³/mol. The SMILES string of the molecule is CCc1nn(C)c(OC)c1CNC(C)C(O)c1ccc(Cl)cc1. The van der Waals surface area contributed by atoms with Gasteiger partial charge in [0.15, 0.2) is 0 Å². The summed E-state index contributed by atoms with van der Waals surface area (Å²) in [7, 11) is 3.51. The van der Waals surface area contributed by atoms with Gasteiger partial charge in [-0.3, -0.25) is 0 Å². The van der Waals surface area contributed by atoms with Gasteiger partial charge in [-0.2, -0.15) is 5.10 Å². The Bertz CT molecular complexity index is 640. The average Bonchev–Trinajstić information content (AvgIpc) is 2.87. The number of aromatic nitrogens is 2. The molecule has 2 rings (SSSR count). The molecule has 1 aromatic heterocycles. The fraction of sp³-hybridized carbons (Fsp3) is 0.471. The molecule has 6 heteroatoms. The molecule has 0 spiro atoms. The quantitative estimate of drug-likeness (QED) is 0.815. The van der Waals surface area contributed by atoms with Crippen molar-refractivity contribution in [2.75, 3.05) is 7.11 Å². The molecule has 2 aromatic rings. The van der Waals surface area contributed by atoms with Crippen LogP contribution in [0.5, 0.6) is 5.88 Å². The van der Waals surface area contributed by atoms with Crippen LogP contribution in [0.3, 0.4) is 0 Å². The Kier molecular flexibility index (Phi) is 6.04. The number of methoxy groups -OCH3 is 1. The molecule has 1 aromatic carbocycles. The first-order valence-corrected chi connectivity index (χ1v) is 8.11. The molecule has 0 aliphatic heterocycles. The molecule has 23 heavy (non-hydrogen) atoms. The maximum Gasteiger partial charge on any atom is 0.216 e. The molecular formula is C17H24ClN3O2. The van der Waals surface area contributed by atoms with E-state index in [2.05, 4.69) is 17.3 Å². The largest absolute Gasteiger partial charge is 0.481 e. The highest BCUT2D eigenvalue weighted by Gasteiger charge is 2.20. The molecule has 0 radical (unpaired) electrons. The Morgan fingerprint density at radius 1 is 1.35 bits per heavy atom. The van der Waals surface area contributed by atoms with E-state index >= 15 is 0 Å². The highest BCUT2D eigenvalue weighted by molar-refractivity contribution is 6.30. The summed E-state index contributed by atoms with van der Waals surface area (Å²) in [5, 5.41) is 18.9. The summed E-state index contributed by atoms with van der Waals surface area (Å²) in [5.41, 5.74) is 2.88. The molecule has 5 nitrogen and oxygen atoms in total. The smallest absolute Gasteiger partial charge is 0.216 e. The minimum atomic E-state index is -0.611. The third-order valence-electron chi connectivity index (χ3n) is 3.99. The van der Waals surface area contributed by atoms with E-state index in [0.29, 0.717) is 11.6 Å². The van der Waals surface area contributed by atoms with Gasteiger partial charge in [-0.15, -0.1) is 0 Å². The molecule has 0 fully saturated rings. The van der Waals surface area contributed by atoms with Crippen molar-refractivity contribution < 1.29 is 9.84 Å². The lowest BCUT2D eigenvalue weighted by Crippen LogP contribution is -2.32. The Morgan fingerprint density at radius 3 is 2.57 bits per heavy atom. The number of nitrogens with one attached hydrogen (secondary N) is 1. The van der Waals surface area contributed by atoms with Crippen molar-refractivity contribution in [3.05, 3.63) is 46.1 Å². The van der Waals surface area contributed by atoms with Gasteiger partial charge in [-0.1, -0.05) is 30.7 Å². The van der Waals surface area contributed by atoms with Crippen molar-refractivity contribution in [2.45, 2.75) is 39.0 Å². The lowest BCUT2D eigenvalue weighted by molar-refractivity contribution is 0.135. The standard InChI is InChI=1S/C17H24ClN3O2/c1-5-15-14(17(23-4)21(3)20-15)10-19-11(2)16(22)12-6-8-13(18)9-7-12/h6-9,11,16,19,22H,5,10H2,1-4H3. The second kappa shape index (κ2) is 7.81. The molecule has 0 aliphatic carbocycles. The number of benzene rings is 1. The first-order chi connectivity index (χ1) is 11.0. The normalized spacial score (nSPS) is 13.8. The molecule has 0 aliphatic rings. The summed E-state index contributed by atoms with van der Waals surface area (Å²) in [6, 6.07) is 7.13. The molecule has 0 bridgehead atoms. The van der Waals surface area contributed by atoms with Gasteiger partial charge in [0.25, 0.3) is 0 Å². The van der Waals surface area contributed by atoms with Crippen molar-refractivity contribution in [1.82, 2.24) is 15.1 Å². The molecule has 2 atom stereocenters. The van der Waals surface area contributed by atoms with E-state index in [0.717, 1.165) is 29.1 Å². The summed E-state index contributed by atoms with van der Waals surface area (Å²) in [4.78, 5) is 0. The topological polar surface area (TPSA) is 59.3 Å². The monoisotopic (exact) mass is 337 g/mol. The van der Waals surface area contributed by atoms with Gasteiger partial charge in [0.2, 0.25) is 5.88 Å². The van der Waals surface area contributed by atoms with Crippen molar-refractivity contribution >= 4 is 11.6 Å². The number of ether oxygens (including phenoxy) is 1. The molecule has 1 heterocycles. The van der Waals surface area contributed by atoms with Crippen molar-refractivity contribution in [1.29, 1.82) is 0 Å². The Labute approximate surface area is 142 Å². The molecule has 2 N–H and O–H groups in total. The van der Waals surface area contributed by atoms with E-state index < -0.39 is 6.10 Å². The second-order valence-corrected chi connectivity index (χ2v) is 6.01. The van der Waals surface area contributed by atoms with Crippen LogP contribution in [0.4, 0.5) is 0 Å². The molecule has 2 unspecified atom stereocenters. The fourth-order valence-electron chi connectivity index (χ4n) is 2.65. The van der Waals surface area contributed by atoms with Gasteiger partial charge in [-0.25, -0.2) is 4.68 Å². The molecular weight excluding hydrogens is 314 g/mol. The Balaban J connectivity index is 2.06.